The Hall–Kier alpha value is -2.02. The maximum atomic E-state index is 12.6. The summed E-state index contributed by atoms with van der Waals surface area (Å²) in [5, 5.41) is 13.7. The number of halogens is 2. The largest absolute Gasteiger partial charge is 0.390 e. The third-order valence-corrected chi connectivity index (χ3v) is 4.98. The van der Waals surface area contributed by atoms with Crippen LogP contribution < -0.4 is 11.0 Å². The van der Waals surface area contributed by atoms with Gasteiger partial charge in [0.05, 0.1) is 22.3 Å². The van der Waals surface area contributed by atoms with Crippen molar-refractivity contribution in [2.45, 2.75) is 32.4 Å². The summed E-state index contributed by atoms with van der Waals surface area (Å²) in [6, 6.07) is 7.35. The fourth-order valence-electron chi connectivity index (χ4n) is 2.76. The number of aryl methyl sites for hydroxylation is 2. The molecule has 2 N–H and O–H groups in total. The summed E-state index contributed by atoms with van der Waals surface area (Å²) in [5.74, 6) is 0. The van der Waals surface area contributed by atoms with Crippen molar-refractivity contribution in [2.24, 2.45) is 7.05 Å². The lowest BCUT2D eigenvalue weighted by Crippen LogP contribution is -2.27. The van der Waals surface area contributed by atoms with E-state index >= 15 is 0 Å². The minimum Gasteiger partial charge on any atom is -0.390 e. The molecule has 0 bridgehead atoms. The Balaban J connectivity index is 2.02. The van der Waals surface area contributed by atoms with Crippen LogP contribution in [0.3, 0.4) is 0 Å². The summed E-state index contributed by atoms with van der Waals surface area (Å²) in [6.45, 7) is 3.88. The molecule has 2 aromatic heterocycles. The monoisotopic (exact) mass is 394 g/mol. The van der Waals surface area contributed by atoms with E-state index in [2.05, 4.69) is 10.3 Å². The van der Waals surface area contributed by atoms with Crippen molar-refractivity contribution < 1.29 is 5.11 Å². The summed E-state index contributed by atoms with van der Waals surface area (Å²) in [4.78, 5) is 16.5. The smallest absolute Gasteiger partial charge is 0.328 e. The van der Waals surface area contributed by atoms with Crippen LogP contribution in [0.25, 0.3) is 11.0 Å². The van der Waals surface area contributed by atoms with Crippen LogP contribution in [-0.2, 0) is 13.6 Å². The molecule has 0 saturated carbocycles. The third-order valence-electron chi connectivity index (χ3n) is 4.22. The van der Waals surface area contributed by atoms with E-state index < -0.39 is 5.60 Å². The molecule has 0 spiro atoms. The average Bonchev–Trinajstić information content (AvgIpc) is 2.80. The summed E-state index contributed by atoms with van der Waals surface area (Å²) in [6.07, 6.45) is 2.03. The molecule has 0 aliphatic carbocycles. The van der Waals surface area contributed by atoms with Gasteiger partial charge in [0.15, 0.2) is 0 Å². The molecule has 3 aromatic rings. The predicted molar refractivity (Wildman–Crippen MR) is 106 cm³/mol. The molecule has 1 aromatic carbocycles. The number of pyridine rings is 1. The van der Waals surface area contributed by atoms with Gasteiger partial charge in [0.25, 0.3) is 0 Å². The first-order valence-corrected chi connectivity index (χ1v) is 8.91. The van der Waals surface area contributed by atoms with Crippen molar-refractivity contribution in [3.8, 4) is 0 Å². The Bertz CT molecular complexity index is 1020. The number of aliphatic hydroxyl groups is 1. The highest BCUT2D eigenvalue weighted by Crippen LogP contribution is 2.31. The number of aromatic nitrogens is 3. The fourth-order valence-corrected chi connectivity index (χ4v) is 3.08. The van der Waals surface area contributed by atoms with E-state index in [-0.39, 0.29) is 10.8 Å². The maximum absolute atomic E-state index is 12.6. The second-order valence-corrected chi connectivity index (χ2v) is 7.58. The molecule has 0 radical (unpaired) electrons. The van der Waals surface area contributed by atoms with E-state index in [1.807, 2.05) is 18.2 Å². The van der Waals surface area contributed by atoms with Gasteiger partial charge in [-0.05, 0) is 44.5 Å². The Morgan fingerprint density at radius 1 is 1.23 bits per heavy atom. The maximum Gasteiger partial charge on any atom is 0.328 e. The van der Waals surface area contributed by atoms with Crippen molar-refractivity contribution in [3.63, 3.8) is 0 Å². The number of rotatable bonds is 5. The van der Waals surface area contributed by atoms with Crippen LogP contribution in [0.1, 0.15) is 20.3 Å². The van der Waals surface area contributed by atoms with E-state index in [1.165, 1.54) is 0 Å². The first kappa shape index (κ1) is 18.8. The number of hydrogen-bond donors (Lipinski definition) is 2. The molecule has 138 valence electrons. The number of benzene rings is 1. The summed E-state index contributed by atoms with van der Waals surface area (Å²) in [7, 11) is 1.73. The fraction of sp³-hybridized carbons (Fsp3) is 0.333. The van der Waals surface area contributed by atoms with Gasteiger partial charge < -0.3 is 10.4 Å². The van der Waals surface area contributed by atoms with E-state index in [0.717, 1.165) is 16.7 Å². The average molecular weight is 395 g/mol. The van der Waals surface area contributed by atoms with Crippen molar-refractivity contribution in [1.29, 1.82) is 0 Å². The van der Waals surface area contributed by atoms with E-state index in [0.29, 0.717) is 23.7 Å². The van der Waals surface area contributed by atoms with Gasteiger partial charge in [0.2, 0.25) is 0 Å². The molecule has 0 aliphatic rings. The van der Waals surface area contributed by atoms with Crippen LogP contribution in [0.15, 0.2) is 35.3 Å². The van der Waals surface area contributed by atoms with Gasteiger partial charge in [-0.2, -0.15) is 0 Å². The third kappa shape index (κ3) is 3.72. The van der Waals surface area contributed by atoms with Gasteiger partial charge in [0.1, 0.15) is 10.2 Å². The normalized spacial score (nSPS) is 11.9. The minimum atomic E-state index is -0.848. The van der Waals surface area contributed by atoms with Crippen LogP contribution in [-0.4, -0.2) is 24.8 Å². The molecule has 0 aliphatic heterocycles. The van der Waals surface area contributed by atoms with Crippen LogP contribution in [0.4, 0.5) is 11.4 Å². The summed E-state index contributed by atoms with van der Waals surface area (Å²) < 4.78 is 3.26. The highest BCUT2D eigenvalue weighted by Gasteiger charge is 2.17. The van der Waals surface area contributed by atoms with E-state index in [1.54, 1.807) is 42.3 Å². The standard InChI is InChI=1S/C18H20Cl2N4O2/c1-18(2,26)7-9-24-14-10-11(4-5-13(14)23(3)17(24)25)22-12-6-8-21-16(20)15(12)19/h4-6,8,10,26H,7,9H2,1-3H3,(H,21,22). The van der Waals surface area contributed by atoms with Crippen molar-refractivity contribution in [1.82, 2.24) is 14.1 Å². The lowest BCUT2D eigenvalue weighted by atomic mass is 10.1. The van der Waals surface area contributed by atoms with E-state index in [9.17, 15) is 9.90 Å². The first-order chi connectivity index (χ1) is 12.2. The van der Waals surface area contributed by atoms with Crippen molar-refractivity contribution >= 4 is 45.6 Å². The highest BCUT2D eigenvalue weighted by atomic mass is 35.5. The lowest BCUT2D eigenvalue weighted by molar-refractivity contribution is 0.0662. The molecule has 0 fully saturated rings. The second-order valence-electron chi connectivity index (χ2n) is 6.85. The molecule has 0 atom stereocenters. The number of hydrogen-bond acceptors (Lipinski definition) is 4. The quantitative estimate of drug-likeness (QED) is 0.642. The Morgan fingerprint density at radius 2 is 1.96 bits per heavy atom. The second kappa shape index (κ2) is 6.95. The van der Waals surface area contributed by atoms with Gasteiger partial charge >= 0.3 is 5.69 Å². The SMILES string of the molecule is Cn1c(=O)n(CCC(C)(C)O)c2cc(Nc3ccnc(Cl)c3Cl)ccc21. The Kier molecular flexibility index (Phi) is 5.01. The summed E-state index contributed by atoms with van der Waals surface area (Å²) >= 11 is 12.1. The molecular weight excluding hydrogens is 375 g/mol. The number of fused-ring (bicyclic) bond motifs is 1. The van der Waals surface area contributed by atoms with Crippen molar-refractivity contribution in [2.75, 3.05) is 5.32 Å². The molecule has 2 heterocycles. The molecular formula is C18H20Cl2N4O2. The van der Waals surface area contributed by atoms with Crippen LogP contribution in [0.2, 0.25) is 10.2 Å². The lowest BCUT2D eigenvalue weighted by Gasteiger charge is -2.17. The van der Waals surface area contributed by atoms with Gasteiger partial charge in [-0.3, -0.25) is 9.13 Å². The first-order valence-electron chi connectivity index (χ1n) is 8.16. The molecule has 0 unspecified atom stereocenters. The number of nitrogens with zero attached hydrogens (tertiary/aromatic N) is 3. The number of imidazole rings is 1. The zero-order chi connectivity index (χ0) is 19.1. The Morgan fingerprint density at radius 3 is 2.65 bits per heavy atom. The molecule has 3 rings (SSSR count). The van der Waals surface area contributed by atoms with Crippen molar-refractivity contribution in [3.05, 3.63) is 51.1 Å². The van der Waals surface area contributed by atoms with Gasteiger partial charge in [-0.1, -0.05) is 23.2 Å². The molecule has 6 nitrogen and oxygen atoms in total. The topological polar surface area (TPSA) is 72.1 Å². The van der Waals surface area contributed by atoms with Gasteiger partial charge in [-0.15, -0.1) is 0 Å². The van der Waals surface area contributed by atoms with Crippen LogP contribution >= 0.6 is 23.2 Å². The number of anilines is 2. The zero-order valence-corrected chi connectivity index (χ0v) is 16.3. The molecule has 0 saturated heterocycles. The van der Waals surface area contributed by atoms with Gasteiger partial charge in [0, 0.05) is 25.5 Å². The summed E-state index contributed by atoms with van der Waals surface area (Å²) in [5.41, 5.74) is 2.03. The molecule has 8 heteroatoms. The van der Waals surface area contributed by atoms with E-state index in [4.69, 9.17) is 23.2 Å². The van der Waals surface area contributed by atoms with Crippen LogP contribution in [0.5, 0.6) is 0 Å². The number of nitrogens with one attached hydrogen (secondary N) is 1. The molecule has 0 amide bonds. The Labute approximate surface area is 161 Å². The minimum absolute atomic E-state index is 0.119. The predicted octanol–water partition coefficient (Wildman–Crippen LogP) is 3.95. The van der Waals surface area contributed by atoms with Crippen LogP contribution in [0, 0.1) is 0 Å². The van der Waals surface area contributed by atoms with Gasteiger partial charge in [-0.25, -0.2) is 9.78 Å². The molecule has 26 heavy (non-hydrogen) atoms. The highest BCUT2D eigenvalue weighted by molar-refractivity contribution is 6.43. The zero-order valence-electron chi connectivity index (χ0n) is 14.8.